The van der Waals surface area contributed by atoms with E-state index >= 15 is 0 Å². The number of methoxy groups -OCH3 is 1. The lowest BCUT2D eigenvalue weighted by Crippen LogP contribution is -2.63. The number of rotatable bonds is 5. The summed E-state index contributed by atoms with van der Waals surface area (Å²) in [4.78, 5) is 0. The molecule has 1 aliphatic carbocycles. The van der Waals surface area contributed by atoms with Gasteiger partial charge in [-0.2, -0.15) is 0 Å². The van der Waals surface area contributed by atoms with Crippen molar-refractivity contribution in [1.29, 1.82) is 0 Å². The fourth-order valence-corrected chi connectivity index (χ4v) is 3.21. The molecule has 2 fully saturated rings. The summed E-state index contributed by atoms with van der Waals surface area (Å²) in [6.45, 7) is -0.960. The molecular weight excluding hydrogens is 328 g/mol. The second kappa shape index (κ2) is 8.32. The molecule has 2 rings (SSSR count). The smallest absolute Gasteiger partial charge is 0.186 e. The summed E-state index contributed by atoms with van der Waals surface area (Å²) in [5, 5.41) is 68.6. The normalized spacial score (nSPS) is 50.0. The molecule has 0 radical (unpaired) electrons. The van der Waals surface area contributed by atoms with Gasteiger partial charge >= 0.3 is 0 Å². The minimum Gasteiger partial charge on any atom is -0.396 e. The number of aliphatic hydroxyl groups is 7. The van der Waals surface area contributed by atoms with Gasteiger partial charge in [-0.25, -0.2) is 0 Å². The Kier molecular flexibility index (Phi) is 6.90. The monoisotopic (exact) mass is 354 g/mol. The van der Waals surface area contributed by atoms with E-state index in [4.69, 9.17) is 14.2 Å². The van der Waals surface area contributed by atoms with Crippen LogP contribution in [0, 0.1) is 5.92 Å². The van der Waals surface area contributed by atoms with Crippen LogP contribution in [0.25, 0.3) is 0 Å². The largest absolute Gasteiger partial charge is 0.396 e. The van der Waals surface area contributed by atoms with Crippen LogP contribution in [-0.4, -0.2) is 111 Å². The highest BCUT2D eigenvalue weighted by Gasteiger charge is 2.49. The van der Waals surface area contributed by atoms with Gasteiger partial charge in [0.25, 0.3) is 0 Å². The zero-order valence-electron chi connectivity index (χ0n) is 13.3. The summed E-state index contributed by atoms with van der Waals surface area (Å²) >= 11 is 0. The van der Waals surface area contributed by atoms with Crippen LogP contribution in [0.1, 0.15) is 6.42 Å². The van der Waals surface area contributed by atoms with Crippen molar-refractivity contribution in [2.45, 2.75) is 61.5 Å². The SMILES string of the molecule is CO[C@H]1O[C@H](CO)[C@@H](O[C@@H]2C[C@H](CO)[C@H](O)[C@H](O)[C@H]2O)[C@H](O)[C@H]1O. The minimum absolute atomic E-state index is 0.0149. The first-order valence-electron chi connectivity index (χ1n) is 7.81. The average molecular weight is 354 g/mol. The summed E-state index contributed by atoms with van der Waals surface area (Å²) < 4.78 is 15.8. The van der Waals surface area contributed by atoms with E-state index in [9.17, 15) is 35.7 Å². The third-order valence-corrected chi connectivity index (χ3v) is 4.72. The molecule has 10 heteroatoms. The van der Waals surface area contributed by atoms with E-state index in [1.54, 1.807) is 0 Å². The zero-order valence-corrected chi connectivity index (χ0v) is 13.3. The Hall–Kier alpha value is -0.400. The van der Waals surface area contributed by atoms with Crippen molar-refractivity contribution >= 4 is 0 Å². The molecule has 0 spiro atoms. The quantitative estimate of drug-likeness (QED) is 0.258. The highest BCUT2D eigenvalue weighted by atomic mass is 16.7. The van der Waals surface area contributed by atoms with Crippen LogP contribution in [0.4, 0.5) is 0 Å². The van der Waals surface area contributed by atoms with Gasteiger partial charge in [0.05, 0.1) is 18.8 Å². The third-order valence-electron chi connectivity index (χ3n) is 4.72. The molecule has 24 heavy (non-hydrogen) atoms. The number of aliphatic hydroxyl groups excluding tert-OH is 7. The molecule has 10 nitrogen and oxygen atoms in total. The van der Waals surface area contributed by atoms with Crippen LogP contribution in [0.3, 0.4) is 0 Å². The van der Waals surface area contributed by atoms with Gasteiger partial charge in [-0.15, -0.1) is 0 Å². The van der Waals surface area contributed by atoms with Crippen molar-refractivity contribution in [2.75, 3.05) is 20.3 Å². The highest BCUT2D eigenvalue weighted by molar-refractivity contribution is 4.96. The Balaban J connectivity index is 2.12. The number of hydrogen-bond donors (Lipinski definition) is 7. The Labute approximate surface area is 138 Å². The molecule has 0 aromatic carbocycles. The Bertz CT molecular complexity index is 392. The maximum absolute atomic E-state index is 10.2. The van der Waals surface area contributed by atoms with Crippen molar-refractivity contribution in [1.82, 2.24) is 0 Å². The predicted molar refractivity (Wildman–Crippen MR) is 76.6 cm³/mol. The van der Waals surface area contributed by atoms with Crippen LogP contribution < -0.4 is 0 Å². The van der Waals surface area contributed by atoms with Crippen LogP contribution in [0.2, 0.25) is 0 Å². The van der Waals surface area contributed by atoms with Crippen molar-refractivity contribution < 1.29 is 50.0 Å². The lowest BCUT2D eigenvalue weighted by Gasteiger charge is -2.46. The van der Waals surface area contributed by atoms with E-state index in [0.29, 0.717) is 0 Å². The minimum atomic E-state index is -1.54. The molecule has 1 aliphatic heterocycles. The summed E-state index contributed by atoms with van der Waals surface area (Å²) in [6, 6.07) is 0. The summed E-state index contributed by atoms with van der Waals surface area (Å²) in [7, 11) is 1.27. The Morgan fingerprint density at radius 1 is 0.875 bits per heavy atom. The molecule has 0 aromatic heterocycles. The molecule has 0 amide bonds. The second-order valence-corrected chi connectivity index (χ2v) is 6.23. The molecule has 7 N–H and O–H groups in total. The fourth-order valence-electron chi connectivity index (χ4n) is 3.21. The molecule has 0 aromatic rings. The standard InChI is InChI=1S/C14H26O10/c1-22-14-12(21)11(20)13(7(4-16)24-14)23-6-2-5(3-15)8(17)10(19)9(6)18/h5-21H,2-4H2,1H3/t5-,6-,7-,8+,9+,10+,11-,12-,13-,14+/m1/s1. The molecule has 142 valence electrons. The zero-order chi connectivity index (χ0) is 18.0. The van der Waals surface area contributed by atoms with E-state index in [1.165, 1.54) is 7.11 Å². The van der Waals surface area contributed by atoms with Crippen molar-refractivity contribution in [3.05, 3.63) is 0 Å². The first-order valence-corrected chi connectivity index (χ1v) is 7.81. The van der Waals surface area contributed by atoms with Crippen LogP contribution >= 0.6 is 0 Å². The molecule has 0 bridgehead atoms. The van der Waals surface area contributed by atoms with Gasteiger partial charge in [-0.1, -0.05) is 0 Å². The van der Waals surface area contributed by atoms with E-state index in [1.807, 2.05) is 0 Å². The van der Waals surface area contributed by atoms with E-state index in [-0.39, 0.29) is 6.42 Å². The van der Waals surface area contributed by atoms with E-state index < -0.39 is 74.3 Å². The van der Waals surface area contributed by atoms with Gasteiger partial charge in [0.2, 0.25) is 0 Å². The van der Waals surface area contributed by atoms with Crippen LogP contribution in [0.15, 0.2) is 0 Å². The summed E-state index contributed by atoms with van der Waals surface area (Å²) in [5.41, 5.74) is 0. The lowest BCUT2D eigenvalue weighted by atomic mass is 9.81. The molecular formula is C14H26O10. The maximum atomic E-state index is 10.2. The number of ether oxygens (including phenoxy) is 3. The Morgan fingerprint density at radius 2 is 1.54 bits per heavy atom. The molecule has 2 aliphatic rings. The van der Waals surface area contributed by atoms with Crippen LogP contribution in [0.5, 0.6) is 0 Å². The summed E-state index contributed by atoms with van der Waals surface area (Å²) in [6.07, 6.45) is -11.6. The highest BCUT2D eigenvalue weighted by Crippen LogP contribution is 2.32. The van der Waals surface area contributed by atoms with Gasteiger partial charge in [0.15, 0.2) is 6.29 Å². The number of hydrogen-bond acceptors (Lipinski definition) is 10. The van der Waals surface area contributed by atoms with Gasteiger partial charge in [0, 0.05) is 19.6 Å². The first kappa shape index (κ1) is 19.9. The van der Waals surface area contributed by atoms with Gasteiger partial charge in [-0.05, 0) is 6.42 Å². The van der Waals surface area contributed by atoms with Gasteiger partial charge in [-0.3, -0.25) is 0 Å². The van der Waals surface area contributed by atoms with E-state index in [0.717, 1.165) is 0 Å². The fraction of sp³-hybridized carbons (Fsp3) is 1.00. The molecule has 10 atom stereocenters. The van der Waals surface area contributed by atoms with Crippen molar-refractivity contribution in [3.63, 3.8) is 0 Å². The van der Waals surface area contributed by atoms with Crippen molar-refractivity contribution in [2.24, 2.45) is 5.92 Å². The summed E-state index contributed by atoms with van der Waals surface area (Å²) in [5.74, 6) is -0.723. The van der Waals surface area contributed by atoms with Gasteiger partial charge in [0.1, 0.15) is 36.6 Å². The van der Waals surface area contributed by atoms with Crippen molar-refractivity contribution in [3.8, 4) is 0 Å². The molecule has 1 saturated heterocycles. The van der Waals surface area contributed by atoms with Gasteiger partial charge < -0.3 is 50.0 Å². The van der Waals surface area contributed by atoms with Crippen LogP contribution in [-0.2, 0) is 14.2 Å². The maximum Gasteiger partial charge on any atom is 0.186 e. The Morgan fingerprint density at radius 3 is 2.08 bits per heavy atom. The molecule has 1 heterocycles. The molecule has 0 unspecified atom stereocenters. The molecule has 1 saturated carbocycles. The average Bonchev–Trinajstić information content (AvgIpc) is 2.59. The second-order valence-electron chi connectivity index (χ2n) is 6.23. The lowest BCUT2D eigenvalue weighted by molar-refractivity contribution is -0.315. The predicted octanol–water partition coefficient (Wildman–Crippen LogP) is -4.08. The third kappa shape index (κ3) is 3.73. The topological polar surface area (TPSA) is 169 Å². The first-order chi connectivity index (χ1) is 11.3. The van der Waals surface area contributed by atoms with E-state index in [2.05, 4.69) is 0 Å².